The van der Waals surface area contributed by atoms with Gasteiger partial charge in [0.1, 0.15) is 11.6 Å². The van der Waals surface area contributed by atoms with Gasteiger partial charge in [-0.2, -0.15) is 10.4 Å². The van der Waals surface area contributed by atoms with Gasteiger partial charge in [0.2, 0.25) is 0 Å². The summed E-state index contributed by atoms with van der Waals surface area (Å²) in [7, 11) is 0. The highest BCUT2D eigenvalue weighted by atomic mass is 16.4. The van der Waals surface area contributed by atoms with E-state index in [0.29, 0.717) is 24.5 Å². The van der Waals surface area contributed by atoms with Gasteiger partial charge in [-0.25, -0.2) is 0 Å². The van der Waals surface area contributed by atoms with E-state index in [1.54, 1.807) is 11.8 Å². The first kappa shape index (κ1) is 11.3. The highest BCUT2D eigenvalue weighted by molar-refractivity contribution is 5.75. The average Bonchev–Trinajstić information content (AvgIpc) is 2.21. The Kier molecular flexibility index (Phi) is 2.68. The lowest BCUT2D eigenvalue weighted by atomic mass is 9.99. The number of hydrogen-bond acceptors (Lipinski definition) is 5. The first-order valence-electron chi connectivity index (χ1n) is 5.26. The first-order chi connectivity index (χ1) is 8.04. The normalized spacial score (nSPS) is 15.2. The van der Waals surface area contributed by atoms with Gasteiger partial charge in [-0.15, -0.1) is 5.10 Å². The third kappa shape index (κ3) is 1.80. The molecule has 6 nitrogen and oxygen atoms in total. The molecule has 2 rings (SSSR count). The molecular weight excluding hydrogens is 220 g/mol. The van der Waals surface area contributed by atoms with Crippen LogP contribution < -0.4 is 4.90 Å². The largest absolute Gasteiger partial charge is 0.481 e. The summed E-state index contributed by atoms with van der Waals surface area (Å²) >= 11 is 0. The van der Waals surface area contributed by atoms with Gasteiger partial charge in [0.15, 0.2) is 5.82 Å². The van der Waals surface area contributed by atoms with E-state index >= 15 is 0 Å². The van der Waals surface area contributed by atoms with Crippen molar-refractivity contribution in [2.75, 3.05) is 18.0 Å². The molecule has 0 unspecified atom stereocenters. The molecule has 2 heterocycles. The molecule has 1 saturated heterocycles. The molecule has 1 aromatic heterocycles. The topological polar surface area (TPSA) is 90.1 Å². The number of nitrogens with zero attached hydrogens (tertiary/aromatic N) is 4. The van der Waals surface area contributed by atoms with Crippen LogP contribution >= 0.6 is 0 Å². The maximum absolute atomic E-state index is 10.7. The van der Waals surface area contributed by atoms with Crippen LogP contribution in [0.25, 0.3) is 0 Å². The smallest absolute Gasteiger partial charge is 0.310 e. The number of aromatic nitrogens is 2. The average molecular weight is 232 g/mol. The summed E-state index contributed by atoms with van der Waals surface area (Å²) in [4.78, 5) is 12.5. The van der Waals surface area contributed by atoms with Crippen molar-refractivity contribution in [3.63, 3.8) is 0 Å². The molecule has 0 saturated carbocycles. The molecule has 1 aromatic rings. The quantitative estimate of drug-likeness (QED) is 0.797. The summed E-state index contributed by atoms with van der Waals surface area (Å²) in [6, 6.07) is 2.11. The van der Waals surface area contributed by atoms with Gasteiger partial charge in [0.05, 0.1) is 11.6 Å². The number of rotatable bonds is 2. The zero-order valence-corrected chi connectivity index (χ0v) is 9.64. The second kappa shape index (κ2) is 4.01. The first-order valence-corrected chi connectivity index (χ1v) is 5.26. The molecule has 0 atom stereocenters. The molecule has 0 bridgehead atoms. The molecule has 0 amide bonds. The summed E-state index contributed by atoms with van der Waals surface area (Å²) in [6.07, 6.45) is 0. The van der Waals surface area contributed by atoms with Gasteiger partial charge in [0.25, 0.3) is 0 Å². The summed E-state index contributed by atoms with van der Waals surface area (Å²) in [5.74, 6) is -0.686. The van der Waals surface area contributed by atoms with Crippen molar-refractivity contribution < 1.29 is 9.90 Å². The molecule has 1 aliphatic rings. The number of hydrogen-bond donors (Lipinski definition) is 1. The third-order valence-corrected chi connectivity index (χ3v) is 3.08. The van der Waals surface area contributed by atoms with Gasteiger partial charge in [-0.1, -0.05) is 0 Å². The standard InChI is InChI=1S/C11H12N4O2/c1-6-7(2)13-14-10(9(6)3-12)15-4-8(5-15)11(16)17/h8H,4-5H2,1-2H3,(H,16,17). The van der Waals surface area contributed by atoms with Crippen molar-refractivity contribution in [2.24, 2.45) is 5.92 Å². The summed E-state index contributed by atoms with van der Waals surface area (Å²) < 4.78 is 0. The van der Waals surface area contributed by atoms with Crippen molar-refractivity contribution in [3.8, 4) is 6.07 Å². The lowest BCUT2D eigenvalue weighted by Gasteiger charge is -2.37. The lowest BCUT2D eigenvalue weighted by Crippen LogP contribution is -2.51. The summed E-state index contributed by atoms with van der Waals surface area (Å²) in [5, 5.41) is 25.9. The van der Waals surface area contributed by atoms with E-state index in [1.165, 1.54) is 0 Å². The van der Waals surface area contributed by atoms with Crippen molar-refractivity contribution in [2.45, 2.75) is 13.8 Å². The van der Waals surface area contributed by atoms with Crippen LogP contribution in [-0.4, -0.2) is 34.4 Å². The van der Waals surface area contributed by atoms with E-state index in [2.05, 4.69) is 16.3 Å². The number of carboxylic acids is 1. The number of aliphatic carboxylic acids is 1. The van der Waals surface area contributed by atoms with Gasteiger partial charge in [-0.3, -0.25) is 4.79 Å². The number of nitriles is 1. The Labute approximate surface area is 98.5 Å². The number of aryl methyl sites for hydroxylation is 1. The van der Waals surface area contributed by atoms with Crippen LogP contribution in [0.5, 0.6) is 0 Å². The Morgan fingerprint density at radius 3 is 2.65 bits per heavy atom. The third-order valence-electron chi connectivity index (χ3n) is 3.08. The van der Waals surface area contributed by atoms with Crippen molar-refractivity contribution in [1.82, 2.24) is 10.2 Å². The van der Waals surface area contributed by atoms with Crippen molar-refractivity contribution in [1.29, 1.82) is 5.26 Å². The Balaban J connectivity index is 2.27. The van der Waals surface area contributed by atoms with Crippen molar-refractivity contribution >= 4 is 11.8 Å². The highest BCUT2D eigenvalue weighted by Gasteiger charge is 2.35. The molecular formula is C11H12N4O2. The molecule has 0 spiro atoms. The van der Waals surface area contributed by atoms with E-state index in [9.17, 15) is 4.79 Å². The predicted molar refractivity (Wildman–Crippen MR) is 59.6 cm³/mol. The lowest BCUT2D eigenvalue weighted by molar-refractivity contribution is -0.142. The van der Waals surface area contributed by atoms with Gasteiger partial charge in [0, 0.05) is 13.1 Å². The molecule has 0 aliphatic carbocycles. The highest BCUT2D eigenvalue weighted by Crippen LogP contribution is 2.27. The molecule has 17 heavy (non-hydrogen) atoms. The van der Waals surface area contributed by atoms with Crippen LogP contribution in [0.1, 0.15) is 16.8 Å². The molecule has 88 valence electrons. The van der Waals surface area contributed by atoms with Gasteiger partial charge in [-0.05, 0) is 19.4 Å². The maximum Gasteiger partial charge on any atom is 0.310 e. The van der Waals surface area contributed by atoms with Crippen LogP contribution in [0, 0.1) is 31.1 Å². The van der Waals surface area contributed by atoms with E-state index < -0.39 is 5.97 Å². The summed E-state index contributed by atoms with van der Waals surface area (Å²) in [6.45, 7) is 4.39. The fourth-order valence-corrected chi connectivity index (χ4v) is 1.76. The van der Waals surface area contributed by atoms with Gasteiger partial charge < -0.3 is 10.0 Å². The minimum absolute atomic E-state index is 0.370. The zero-order valence-electron chi connectivity index (χ0n) is 9.64. The summed E-state index contributed by atoms with van der Waals surface area (Å²) in [5.41, 5.74) is 2.01. The van der Waals surface area contributed by atoms with Crippen LogP contribution in [0.3, 0.4) is 0 Å². The SMILES string of the molecule is Cc1nnc(N2CC(C(=O)O)C2)c(C#N)c1C. The predicted octanol–water partition coefficient (Wildman–Crippen LogP) is 0.486. The van der Waals surface area contributed by atoms with E-state index in [4.69, 9.17) is 10.4 Å². The van der Waals surface area contributed by atoms with Crippen LogP contribution in [-0.2, 0) is 4.79 Å². The molecule has 0 aromatic carbocycles. The van der Waals surface area contributed by atoms with Crippen LogP contribution in [0.4, 0.5) is 5.82 Å². The molecule has 1 fully saturated rings. The fraction of sp³-hybridized carbons (Fsp3) is 0.455. The molecule has 1 N–H and O–H groups in total. The Hall–Kier alpha value is -2.16. The second-order valence-electron chi connectivity index (χ2n) is 4.16. The number of carboxylic acid groups (broad SMARTS) is 1. The molecule has 1 aliphatic heterocycles. The van der Waals surface area contributed by atoms with Gasteiger partial charge >= 0.3 is 5.97 Å². The van der Waals surface area contributed by atoms with E-state index in [1.807, 2.05) is 6.92 Å². The van der Waals surface area contributed by atoms with E-state index in [0.717, 1.165) is 11.3 Å². The maximum atomic E-state index is 10.7. The van der Waals surface area contributed by atoms with Crippen LogP contribution in [0.15, 0.2) is 0 Å². The molecule has 0 radical (unpaired) electrons. The minimum Gasteiger partial charge on any atom is -0.481 e. The monoisotopic (exact) mass is 232 g/mol. The molecule has 6 heteroatoms. The second-order valence-corrected chi connectivity index (χ2v) is 4.16. The Morgan fingerprint density at radius 2 is 2.12 bits per heavy atom. The fourth-order valence-electron chi connectivity index (χ4n) is 1.76. The zero-order chi connectivity index (χ0) is 12.6. The van der Waals surface area contributed by atoms with Crippen LogP contribution in [0.2, 0.25) is 0 Å². The number of carbonyl (C=O) groups is 1. The Morgan fingerprint density at radius 1 is 1.47 bits per heavy atom. The Bertz CT molecular complexity index is 515. The minimum atomic E-state index is -0.809. The van der Waals surface area contributed by atoms with Crippen molar-refractivity contribution in [3.05, 3.63) is 16.8 Å². The van der Waals surface area contributed by atoms with E-state index in [-0.39, 0.29) is 5.92 Å². The number of anilines is 1.